The summed E-state index contributed by atoms with van der Waals surface area (Å²) in [6.45, 7) is 2.33. The number of piperidine rings is 1. The molecule has 33 heavy (non-hydrogen) atoms. The van der Waals surface area contributed by atoms with Crippen LogP contribution in [0.2, 0.25) is 5.02 Å². The summed E-state index contributed by atoms with van der Waals surface area (Å²) in [5.74, 6) is -2.79. The predicted octanol–water partition coefficient (Wildman–Crippen LogP) is 2.59. The molecule has 1 unspecified atom stereocenters. The Kier molecular flexibility index (Phi) is 7.58. The average molecular weight is 492 g/mol. The summed E-state index contributed by atoms with van der Waals surface area (Å²) in [6.07, 6.45) is 4.13. The minimum Gasteiger partial charge on any atom is -0.381 e. The van der Waals surface area contributed by atoms with E-state index in [0.717, 1.165) is 37.2 Å². The number of aliphatic hydroxyl groups is 2. The molecular formula is C22H26ClN5O4S. The fraction of sp³-hybridized carbons (Fsp3) is 0.500. The first-order valence-corrected chi connectivity index (χ1v) is 12.0. The Morgan fingerprint density at radius 1 is 1.24 bits per heavy atom. The van der Waals surface area contributed by atoms with Gasteiger partial charge in [-0.05, 0) is 61.9 Å². The lowest BCUT2D eigenvalue weighted by atomic mass is 9.98. The molecule has 1 atom stereocenters. The molecule has 0 spiro atoms. The summed E-state index contributed by atoms with van der Waals surface area (Å²) in [4.78, 5) is 13.9. The number of nitrogens with one attached hydrogen (secondary N) is 1. The normalized spacial score (nSPS) is 20.4. The van der Waals surface area contributed by atoms with Gasteiger partial charge in [-0.15, -0.1) is 0 Å². The summed E-state index contributed by atoms with van der Waals surface area (Å²) < 4.78 is 8.93. The van der Waals surface area contributed by atoms with E-state index in [1.165, 1.54) is 10.9 Å². The van der Waals surface area contributed by atoms with Crippen molar-refractivity contribution >= 4 is 29.2 Å². The number of aromatic nitrogens is 2. The lowest BCUT2D eigenvalue weighted by Gasteiger charge is -2.35. The number of hydrogen-bond donors (Lipinski definition) is 3. The van der Waals surface area contributed by atoms with E-state index >= 15 is 0 Å². The van der Waals surface area contributed by atoms with Crippen molar-refractivity contribution in [3.63, 3.8) is 0 Å². The number of ether oxygens (including phenoxy) is 1. The van der Waals surface area contributed by atoms with Crippen molar-refractivity contribution in [3.8, 4) is 6.07 Å². The van der Waals surface area contributed by atoms with Crippen LogP contribution in [0.5, 0.6) is 0 Å². The highest BCUT2D eigenvalue weighted by molar-refractivity contribution is 7.97. The van der Waals surface area contributed by atoms with E-state index in [-0.39, 0.29) is 23.4 Å². The molecule has 9 nitrogen and oxygen atoms in total. The highest BCUT2D eigenvalue weighted by Gasteiger charge is 2.37. The monoisotopic (exact) mass is 491 g/mol. The fourth-order valence-corrected chi connectivity index (χ4v) is 5.20. The van der Waals surface area contributed by atoms with Crippen LogP contribution < -0.4 is 10.9 Å². The van der Waals surface area contributed by atoms with E-state index in [9.17, 15) is 15.0 Å². The van der Waals surface area contributed by atoms with Gasteiger partial charge in [0.05, 0.1) is 42.1 Å². The van der Waals surface area contributed by atoms with Crippen LogP contribution >= 0.6 is 23.5 Å². The Labute approximate surface area is 201 Å². The third-order valence-electron chi connectivity index (χ3n) is 5.98. The molecule has 2 aromatic rings. The van der Waals surface area contributed by atoms with Gasteiger partial charge in [0.1, 0.15) is 5.02 Å². The standard InChI is InChI=1S/C22H26ClN5O4S/c23-20-19(26-22(30,31)16-2-1-11-32-14-16)13-25-28(21(20)29)17-7-9-27(10-8-17)33-18-5-3-15(12-24)4-6-18/h3-6,13,16-17,26,30-31H,1-2,7-11,14H2. The van der Waals surface area contributed by atoms with E-state index in [0.29, 0.717) is 18.6 Å². The SMILES string of the molecule is N#Cc1ccc(SN2CCC(n3ncc(NC(O)(O)C4CCCOC4)c(Cl)c3=O)CC2)cc1. The van der Waals surface area contributed by atoms with Gasteiger partial charge in [0.25, 0.3) is 5.56 Å². The van der Waals surface area contributed by atoms with Crippen molar-refractivity contribution in [3.05, 3.63) is 51.4 Å². The van der Waals surface area contributed by atoms with Crippen LogP contribution in [-0.2, 0) is 4.74 Å². The van der Waals surface area contributed by atoms with Crippen LogP contribution in [0.15, 0.2) is 40.2 Å². The van der Waals surface area contributed by atoms with Gasteiger partial charge in [-0.1, -0.05) is 11.6 Å². The molecule has 2 fully saturated rings. The van der Waals surface area contributed by atoms with Gasteiger partial charge in [-0.3, -0.25) is 4.79 Å². The van der Waals surface area contributed by atoms with Crippen molar-refractivity contribution in [2.75, 3.05) is 31.6 Å². The quantitative estimate of drug-likeness (QED) is 0.413. The van der Waals surface area contributed by atoms with Crippen LogP contribution in [0, 0.1) is 17.2 Å². The molecule has 3 heterocycles. The van der Waals surface area contributed by atoms with Crippen molar-refractivity contribution in [1.82, 2.24) is 14.1 Å². The second kappa shape index (κ2) is 10.4. The number of anilines is 1. The van der Waals surface area contributed by atoms with Crippen molar-refractivity contribution < 1.29 is 14.9 Å². The van der Waals surface area contributed by atoms with Gasteiger partial charge in [0, 0.05) is 24.6 Å². The zero-order valence-corrected chi connectivity index (χ0v) is 19.6. The van der Waals surface area contributed by atoms with Crippen LogP contribution in [0.4, 0.5) is 5.69 Å². The molecule has 2 aliphatic rings. The van der Waals surface area contributed by atoms with Crippen molar-refractivity contribution in [2.24, 2.45) is 5.92 Å². The molecule has 0 saturated carbocycles. The molecule has 0 radical (unpaired) electrons. The number of hydrogen-bond acceptors (Lipinski definition) is 9. The summed E-state index contributed by atoms with van der Waals surface area (Å²) >= 11 is 7.92. The number of rotatable bonds is 6. The Hall–Kier alpha value is -2.13. The molecule has 0 bridgehead atoms. The van der Waals surface area contributed by atoms with Crippen LogP contribution in [-0.4, -0.2) is 56.5 Å². The maximum absolute atomic E-state index is 12.9. The van der Waals surface area contributed by atoms with Crippen molar-refractivity contribution in [1.29, 1.82) is 5.26 Å². The third-order valence-corrected chi connectivity index (χ3v) is 7.45. The van der Waals surface area contributed by atoms with Gasteiger partial charge in [-0.25, -0.2) is 8.99 Å². The first-order chi connectivity index (χ1) is 15.9. The van der Waals surface area contributed by atoms with Crippen LogP contribution in [0.1, 0.15) is 37.3 Å². The van der Waals surface area contributed by atoms with Crippen molar-refractivity contribution in [2.45, 2.75) is 42.5 Å². The smallest absolute Gasteiger partial charge is 0.287 e. The second-order valence-electron chi connectivity index (χ2n) is 8.27. The zero-order valence-electron chi connectivity index (χ0n) is 18.0. The maximum atomic E-state index is 12.9. The Morgan fingerprint density at radius 3 is 2.61 bits per heavy atom. The van der Waals surface area contributed by atoms with Crippen LogP contribution in [0.25, 0.3) is 0 Å². The van der Waals surface area contributed by atoms with Gasteiger partial charge in [0.15, 0.2) is 0 Å². The molecule has 11 heteroatoms. The second-order valence-corrected chi connectivity index (χ2v) is 9.82. The zero-order chi connectivity index (χ0) is 23.4. The number of benzene rings is 1. The molecule has 4 rings (SSSR count). The summed E-state index contributed by atoms with van der Waals surface area (Å²) in [5, 5.41) is 36.5. The first kappa shape index (κ1) is 24.0. The van der Waals surface area contributed by atoms with Gasteiger partial charge in [-0.2, -0.15) is 10.4 Å². The highest BCUT2D eigenvalue weighted by Crippen LogP contribution is 2.31. The summed E-state index contributed by atoms with van der Waals surface area (Å²) in [7, 11) is 0. The fourth-order valence-electron chi connectivity index (χ4n) is 4.07. The van der Waals surface area contributed by atoms with Gasteiger partial charge in [0.2, 0.25) is 5.91 Å². The summed E-state index contributed by atoms with van der Waals surface area (Å²) in [5.41, 5.74) is 0.253. The molecule has 3 N–H and O–H groups in total. The molecule has 2 aliphatic heterocycles. The van der Waals surface area contributed by atoms with E-state index < -0.39 is 17.4 Å². The number of halogens is 1. The molecule has 176 valence electrons. The third kappa shape index (κ3) is 5.69. The average Bonchev–Trinajstić information content (AvgIpc) is 2.84. The van der Waals surface area contributed by atoms with E-state index in [1.807, 2.05) is 12.1 Å². The number of nitrogens with zero attached hydrogens (tertiary/aromatic N) is 4. The topological polar surface area (TPSA) is 124 Å². The molecule has 1 aromatic heterocycles. The lowest BCUT2D eigenvalue weighted by molar-refractivity contribution is -0.199. The minimum absolute atomic E-state index is 0.0855. The van der Waals surface area contributed by atoms with E-state index in [4.69, 9.17) is 21.6 Å². The minimum atomic E-state index is -2.25. The molecule has 1 aromatic carbocycles. The molecule has 0 amide bonds. The largest absolute Gasteiger partial charge is 0.381 e. The Balaban J connectivity index is 1.38. The molecular weight excluding hydrogens is 466 g/mol. The lowest BCUT2D eigenvalue weighted by Crippen LogP contribution is -2.49. The van der Waals surface area contributed by atoms with Crippen LogP contribution in [0.3, 0.4) is 0 Å². The summed E-state index contributed by atoms with van der Waals surface area (Å²) in [6, 6.07) is 9.46. The highest BCUT2D eigenvalue weighted by atomic mass is 35.5. The van der Waals surface area contributed by atoms with E-state index in [1.54, 1.807) is 24.1 Å². The maximum Gasteiger partial charge on any atom is 0.287 e. The van der Waals surface area contributed by atoms with Gasteiger partial charge < -0.3 is 20.3 Å². The Morgan fingerprint density at radius 2 is 1.97 bits per heavy atom. The Bertz CT molecular complexity index is 1060. The number of nitriles is 1. The first-order valence-electron chi connectivity index (χ1n) is 10.9. The van der Waals surface area contributed by atoms with E-state index in [2.05, 4.69) is 20.8 Å². The molecule has 0 aliphatic carbocycles. The van der Waals surface area contributed by atoms with Gasteiger partial charge >= 0.3 is 0 Å². The predicted molar refractivity (Wildman–Crippen MR) is 125 cm³/mol. The molecule has 2 saturated heterocycles.